The molecule has 0 aromatic carbocycles. The van der Waals surface area contributed by atoms with E-state index in [9.17, 15) is 14.7 Å². The van der Waals surface area contributed by atoms with Gasteiger partial charge in [-0.2, -0.15) is 4.98 Å². The van der Waals surface area contributed by atoms with Crippen molar-refractivity contribution in [2.75, 3.05) is 31.1 Å². The van der Waals surface area contributed by atoms with E-state index in [1.807, 2.05) is 84.6 Å². The van der Waals surface area contributed by atoms with Crippen molar-refractivity contribution in [2.45, 2.75) is 13.5 Å². The second-order valence-electron chi connectivity index (χ2n) is 9.95. The van der Waals surface area contributed by atoms with Crippen LogP contribution in [0.1, 0.15) is 17.3 Å². The van der Waals surface area contributed by atoms with E-state index < -0.39 is 11.4 Å². The fraction of sp³-hybridized carbons (Fsp3) is 0.176. The maximum atomic E-state index is 12.2. The second kappa shape index (κ2) is 20.6. The number of pyridine rings is 5. The van der Waals surface area contributed by atoms with Crippen LogP contribution < -0.4 is 45.6 Å². The summed E-state index contributed by atoms with van der Waals surface area (Å²) in [5, 5.41) is 14.5. The molecule has 0 saturated carbocycles. The Morgan fingerprint density at radius 1 is 0.755 bits per heavy atom. The number of hydrogen-bond donors (Lipinski definition) is 1. The van der Waals surface area contributed by atoms with Crippen LogP contribution >= 0.6 is 0 Å². The molecule has 6 aromatic heterocycles. The monoisotopic (exact) mass is 786 g/mol. The van der Waals surface area contributed by atoms with Gasteiger partial charge in [0.05, 0.1) is 39.7 Å². The van der Waals surface area contributed by atoms with Crippen LogP contribution in [-0.2, 0) is 26.0 Å². The SMILES string of the molecule is CCn1cc(C(=O)[O-])c(=O)c2cnc(N3CCNCC3)nc21.[Cl-].[Cl-].[Ru+3].c1ccc(-c2ccccn2)nc1.c1ccc(-c2ccccn2)nc1. The van der Waals surface area contributed by atoms with Crippen LogP contribution in [0, 0.1) is 0 Å². The summed E-state index contributed by atoms with van der Waals surface area (Å²) in [6.07, 6.45) is 9.76. The number of nitrogens with one attached hydrogen (secondary N) is 1. The van der Waals surface area contributed by atoms with Crippen molar-refractivity contribution < 1.29 is 54.2 Å². The van der Waals surface area contributed by atoms with E-state index >= 15 is 0 Å². The summed E-state index contributed by atoms with van der Waals surface area (Å²) in [4.78, 5) is 50.7. The topological polar surface area (TPSA) is 155 Å². The van der Waals surface area contributed by atoms with E-state index in [4.69, 9.17) is 0 Å². The van der Waals surface area contributed by atoms with Gasteiger partial charge in [-0.15, -0.1) is 0 Å². The molecule has 1 aliphatic rings. The van der Waals surface area contributed by atoms with Gasteiger partial charge in [-0.25, -0.2) is 4.98 Å². The van der Waals surface area contributed by atoms with Crippen LogP contribution in [0.5, 0.6) is 0 Å². The third kappa shape index (κ3) is 10.9. The number of carboxylic acid groups (broad SMARTS) is 1. The van der Waals surface area contributed by atoms with Crippen LogP contribution in [0.3, 0.4) is 0 Å². The van der Waals surface area contributed by atoms with Gasteiger partial charge in [-0.3, -0.25) is 24.7 Å². The first kappa shape index (κ1) is 40.5. The zero-order valence-corrected chi connectivity index (χ0v) is 29.6. The minimum atomic E-state index is -1.49. The maximum Gasteiger partial charge on any atom is 3.00 e. The maximum absolute atomic E-state index is 12.2. The van der Waals surface area contributed by atoms with E-state index in [0.717, 1.165) is 49.0 Å². The first-order valence-corrected chi connectivity index (χ1v) is 14.8. The number of piperazine rings is 1. The molecule has 7 rings (SSSR count). The predicted octanol–water partition coefficient (Wildman–Crippen LogP) is -3.12. The zero-order chi connectivity index (χ0) is 32.1. The Morgan fingerprint density at radius 2 is 1.20 bits per heavy atom. The van der Waals surface area contributed by atoms with Crippen LogP contribution in [-0.4, -0.2) is 66.6 Å². The molecule has 0 unspecified atom stereocenters. The van der Waals surface area contributed by atoms with Crippen molar-refractivity contribution in [1.29, 1.82) is 0 Å². The molecule has 15 heteroatoms. The summed E-state index contributed by atoms with van der Waals surface area (Å²) in [7, 11) is 0. The van der Waals surface area contributed by atoms with Gasteiger partial charge in [0.2, 0.25) is 11.4 Å². The number of aryl methyl sites for hydroxylation is 1. The van der Waals surface area contributed by atoms with E-state index in [2.05, 4.69) is 35.2 Å². The van der Waals surface area contributed by atoms with Crippen molar-refractivity contribution in [3.8, 4) is 22.8 Å². The van der Waals surface area contributed by atoms with Crippen LogP contribution in [0.25, 0.3) is 33.8 Å². The van der Waals surface area contributed by atoms with Crippen LogP contribution in [0.2, 0.25) is 0 Å². The number of hydrogen-bond acceptors (Lipinski definition) is 11. The van der Waals surface area contributed by atoms with Gasteiger partial charge in [0.1, 0.15) is 5.65 Å². The predicted molar refractivity (Wildman–Crippen MR) is 174 cm³/mol. The third-order valence-corrected chi connectivity index (χ3v) is 6.95. The third-order valence-electron chi connectivity index (χ3n) is 6.95. The van der Waals surface area contributed by atoms with Crippen molar-refractivity contribution >= 4 is 23.0 Å². The van der Waals surface area contributed by atoms with Crippen molar-refractivity contribution in [3.05, 3.63) is 126 Å². The van der Waals surface area contributed by atoms with Crippen LogP contribution in [0.15, 0.2) is 115 Å². The number of aromatic nitrogens is 7. The van der Waals surface area contributed by atoms with E-state index in [-0.39, 0.29) is 55.2 Å². The van der Waals surface area contributed by atoms with Crippen molar-refractivity contribution in [1.82, 2.24) is 39.8 Å². The Hall–Kier alpha value is -4.68. The Kier molecular flexibility index (Phi) is 17.1. The molecule has 49 heavy (non-hydrogen) atoms. The number of carboxylic acids is 1. The minimum absolute atomic E-state index is 0. The molecule has 0 atom stereocenters. The average Bonchev–Trinajstić information content (AvgIpc) is 3.14. The summed E-state index contributed by atoms with van der Waals surface area (Å²) >= 11 is 0. The van der Waals surface area contributed by atoms with Gasteiger partial charge in [0.15, 0.2) is 0 Å². The standard InChI is InChI=1S/C14H17N5O3.2C10H8N2.2ClH.Ru/c1-2-18-8-10(13(21)22)11(20)9-7-16-14(17-12(9)18)19-5-3-15-4-6-19;2*1-3-7-11-9(5-1)10-6-2-4-8-12-10;;;/h7-8,15H,2-6H2,1H3,(H,21,22);2*1-8H;2*1H;/q;;;;;+3/p-3. The number of carbonyl (C=O) groups excluding carboxylic acids is 1. The molecule has 1 fully saturated rings. The summed E-state index contributed by atoms with van der Waals surface area (Å²) in [5.41, 5.74) is 3.13. The number of halogens is 2. The molecule has 1 radical (unpaired) electrons. The Morgan fingerprint density at radius 3 is 1.57 bits per heavy atom. The van der Waals surface area contributed by atoms with Gasteiger partial charge in [0, 0.05) is 69.9 Å². The molecule has 7 heterocycles. The smallest absolute Gasteiger partial charge is 1.00 e. The van der Waals surface area contributed by atoms with Gasteiger partial charge < -0.3 is 49.5 Å². The normalized spacial score (nSPS) is 11.6. The summed E-state index contributed by atoms with van der Waals surface area (Å²) in [6, 6.07) is 23.2. The fourth-order valence-electron chi connectivity index (χ4n) is 4.62. The number of anilines is 1. The Bertz CT molecular complexity index is 1770. The molecule has 1 N–H and O–H groups in total. The second-order valence-corrected chi connectivity index (χ2v) is 9.95. The molecule has 0 spiro atoms. The average molecular weight is 787 g/mol. The number of nitrogens with zero attached hydrogens (tertiary/aromatic N) is 8. The largest absolute Gasteiger partial charge is 3.00 e. The van der Waals surface area contributed by atoms with Gasteiger partial charge >= 0.3 is 19.5 Å². The zero-order valence-electron chi connectivity index (χ0n) is 26.3. The molecule has 12 nitrogen and oxygen atoms in total. The quantitative estimate of drug-likeness (QED) is 0.177. The number of fused-ring (bicyclic) bond motifs is 1. The molecule has 0 aliphatic carbocycles. The first-order chi connectivity index (χ1) is 22.5. The van der Waals surface area contributed by atoms with E-state index in [1.165, 1.54) is 12.4 Å². The molecule has 0 amide bonds. The van der Waals surface area contributed by atoms with Crippen molar-refractivity contribution in [3.63, 3.8) is 0 Å². The molecule has 6 aromatic rings. The fourth-order valence-corrected chi connectivity index (χ4v) is 4.62. The number of aromatic carboxylic acids is 1. The molecular weight excluding hydrogens is 754 g/mol. The van der Waals surface area contributed by atoms with Crippen molar-refractivity contribution in [2.24, 2.45) is 0 Å². The number of carbonyl (C=O) groups is 1. The molecule has 0 bridgehead atoms. The summed E-state index contributed by atoms with van der Waals surface area (Å²) < 4.78 is 1.63. The molecular formula is C34H32Cl2N9O3Ru. The Balaban J connectivity index is 0.000000265. The minimum Gasteiger partial charge on any atom is -1.00 e. The van der Waals surface area contributed by atoms with E-state index in [1.54, 1.807) is 29.4 Å². The molecule has 253 valence electrons. The number of rotatable bonds is 5. The van der Waals surface area contributed by atoms with Gasteiger partial charge in [0.25, 0.3) is 0 Å². The van der Waals surface area contributed by atoms with Gasteiger partial charge in [-0.05, 0) is 55.5 Å². The summed E-state index contributed by atoms with van der Waals surface area (Å²) in [6.45, 7) is 5.64. The molecule has 1 saturated heterocycles. The Labute approximate surface area is 308 Å². The van der Waals surface area contributed by atoms with Gasteiger partial charge in [-0.1, -0.05) is 24.3 Å². The molecule has 1 aliphatic heterocycles. The first-order valence-electron chi connectivity index (χ1n) is 14.8. The summed E-state index contributed by atoms with van der Waals surface area (Å²) in [5.74, 6) is -0.933. The van der Waals surface area contributed by atoms with Crippen LogP contribution in [0.4, 0.5) is 5.95 Å². The van der Waals surface area contributed by atoms with E-state index in [0.29, 0.717) is 18.1 Å².